The second kappa shape index (κ2) is 8.74. The molecule has 0 radical (unpaired) electrons. The van der Waals surface area contributed by atoms with Crippen LogP contribution >= 0.6 is 0 Å². The van der Waals surface area contributed by atoms with Crippen molar-refractivity contribution in [2.24, 2.45) is 0 Å². The van der Waals surface area contributed by atoms with E-state index >= 15 is 0 Å². The second-order valence-corrected chi connectivity index (χ2v) is 7.01. The van der Waals surface area contributed by atoms with Crippen LogP contribution in [0.5, 0.6) is 0 Å². The lowest BCUT2D eigenvalue weighted by molar-refractivity contribution is -0.144. The first-order chi connectivity index (χ1) is 13.5. The van der Waals surface area contributed by atoms with E-state index in [1.165, 1.54) is 0 Å². The summed E-state index contributed by atoms with van der Waals surface area (Å²) in [5.41, 5.74) is 2.76. The maximum atomic E-state index is 13.3. The van der Waals surface area contributed by atoms with Gasteiger partial charge < -0.3 is 14.2 Å². The Morgan fingerprint density at radius 3 is 2.39 bits per heavy atom. The molecule has 0 spiro atoms. The number of ether oxygens (including phenoxy) is 1. The second-order valence-electron chi connectivity index (χ2n) is 7.01. The molecule has 1 amide bonds. The largest absolute Gasteiger partial charge is 0.465 e. The Morgan fingerprint density at radius 1 is 1.04 bits per heavy atom. The van der Waals surface area contributed by atoms with E-state index in [2.05, 4.69) is 16.7 Å². The molecule has 0 unspecified atom stereocenters. The summed E-state index contributed by atoms with van der Waals surface area (Å²) in [4.78, 5) is 26.9. The summed E-state index contributed by atoms with van der Waals surface area (Å²) < 4.78 is 7.13. The summed E-state index contributed by atoms with van der Waals surface area (Å²) in [6.45, 7) is 6.49. The fourth-order valence-electron chi connectivity index (χ4n) is 3.32. The zero-order chi connectivity index (χ0) is 20.1. The van der Waals surface area contributed by atoms with Gasteiger partial charge in [-0.05, 0) is 32.4 Å². The molecule has 0 aliphatic heterocycles. The van der Waals surface area contributed by atoms with Gasteiger partial charge in [0.05, 0.1) is 12.2 Å². The topological polar surface area (TPSA) is 51.5 Å². The van der Waals surface area contributed by atoms with Crippen molar-refractivity contribution in [3.05, 3.63) is 71.9 Å². The normalized spacial score (nSPS) is 11.0. The highest BCUT2D eigenvalue weighted by Gasteiger charge is 2.25. The third-order valence-corrected chi connectivity index (χ3v) is 4.70. The number of nitrogens with zero attached hydrogens (tertiary/aromatic N) is 2. The van der Waals surface area contributed by atoms with Crippen molar-refractivity contribution >= 4 is 22.8 Å². The highest BCUT2D eigenvalue weighted by molar-refractivity contribution is 6.07. The molecule has 0 saturated heterocycles. The first kappa shape index (κ1) is 19.7. The monoisotopic (exact) mass is 378 g/mol. The van der Waals surface area contributed by atoms with Crippen molar-refractivity contribution in [1.29, 1.82) is 0 Å². The fraction of sp³-hybridized carbons (Fsp3) is 0.304. The molecule has 2 aromatic carbocycles. The maximum absolute atomic E-state index is 13.3. The highest BCUT2D eigenvalue weighted by atomic mass is 16.5. The Hall–Kier alpha value is -3.08. The molecule has 1 aromatic heterocycles. The molecule has 1 heterocycles. The van der Waals surface area contributed by atoms with Crippen molar-refractivity contribution in [1.82, 2.24) is 9.47 Å². The molecule has 0 saturated carbocycles. The van der Waals surface area contributed by atoms with Crippen LogP contribution in [0.2, 0.25) is 0 Å². The van der Waals surface area contributed by atoms with Gasteiger partial charge in [-0.3, -0.25) is 9.59 Å². The summed E-state index contributed by atoms with van der Waals surface area (Å²) in [6.07, 6.45) is 1.89. The molecule has 0 aliphatic rings. The van der Waals surface area contributed by atoms with Gasteiger partial charge in [0.15, 0.2) is 0 Å². The lowest BCUT2D eigenvalue weighted by Crippen LogP contribution is -2.41. The summed E-state index contributed by atoms with van der Waals surface area (Å²) >= 11 is 0. The average Bonchev–Trinajstić information content (AvgIpc) is 3.05. The Balaban J connectivity index is 1.97. The Kier molecular flexibility index (Phi) is 6.14. The molecule has 5 heteroatoms. The SMILES string of the molecule is CCOC(=O)CN(C(=O)c1cn(Cc2ccccc2)c2ccccc12)C(C)C. The van der Waals surface area contributed by atoms with Gasteiger partial charge in [-0.2, -0.15) is 0 Å². The molecule has 28 heavy (non-hydrogen) atoms. The van der Waals surface area contributed by atoms with Gasteiger partial charge in [0, 0.05) is 29.7 Å². The number of rotatable bonds is 7. The Bertz CT molecular complexity index is 960. The first-order valence-electron chi connectivity index (χ1n) is 9.59. The van der Waals surface area contributed by atoms with Crippen molar-refractivity contribution < 1.29 is 14.3 Å². The van der Waals surface area contributed by atoms with E-state index in [1.807, 2.05) is 62.5 Å². The summed E-state index contributed by atoms with van der Waals surface area (Å²) in [5, 5.41) is 0.887. The van der Waals surface area contributed by atoms with Gasteiger partial charge >= 0.3 is 5.97 Å². The van der Waals surface area contributed by atoms with Crippen LogP contribution in [-0.4, -0.2) is 40.5 Å². The number of carbonyl (C=O) groups is 2. The molecule has 146 valence electrons. The van der Waals surface area contributed by atoms with Crippen LogP contribution in [0.3, 0.4) is 0 Å². The number of esters is 1. The minimum absolute atomic E-state index is 0.0530. The van der Waals surface area contributed by atoms with Gasteiger partial charge in [0.1, 0.15) is 6.54 Å². The molecular weight excluding hydrogens is 352 g/mol. The Labute approximate surface area is 165 Å². The predicted molar refractivity (Wildman–Crippen MR) is 110 cm³/mol. The molecule has 3 rings (SSSR count). The number of benzene rings is 2. The van der Waals surface area contributed by atoms with Crippen LogP contribution in [-0.2, 0) is 16.1 Å². The zero-order valence-corrected chi connectivity index (χ0v) is 16.6. The zero-order valence-electron chi connectivity index (χ0n) is 16.6. The molecule has 5 nitrogen and oxygen atoms in total. The predicted octanol–water partition coefficient (Wildman–Crippen LogP) is 4.10. The van der Waals surface area contributed by atoms with E-state index in [0.717, 1.165) is 16.5 Å². The molecule has 0 aliphatic carbocycles. The molecule has 0 atom stereocenters. The highest BCUT2D eigenvalue weighted by Crippen LogP contribution is 2.24. The lowest BCUT2D eigenvalue weighted by Gasteiger charge is -2.25. The van der Waals surface area contributed by atoms with Crippen molar-refractivity contribution in [2.45, 2.75) is 33.4 Å². The van der Waals surface area contributed by atoms with Crippen LogP contribution in [0.4, 0.5) is 0 Å². The summed E-state index contributed by atoms with van der Waals surface area (Å²) in [6, 6.07) is 17.9. The van der Waals surface area contributed by atoms with Crippen molar-refractivity contribution in [3.63, 3.8) is 0 Å². The number of fused-ring (bicyclic) bond motifs is 1. The van der Waals surface area contributed by atoms with Crippen LogP contribution in [0, 0.1) is 0 Å². The number of para-hydroxylation sites is 1. The quantitative estimate of drug-likeness (QED) is 0.582. The van der Waals surface area contributed by atoms with Crippen LogP contribution < -0.4 is 0 Å². The minimum Gasteiger partial charge on any atom is -0.465 e. The molecule has 0 bridgehead atoms. The Morgan fingerprint density at radius 2 is 1.71 bits per heavy atom. The number of amides is 1. The van der Waals surface area contributed by atoms with Gasteiger partial charge in [-0.1, -0.05) is 48.5 Å². The summed E-state index contributed by atoms with van der Waals surface area (Å²) in [7, 11) is 0. The van der Waals surface area contributed by atoms with Gasteiger partial charge in [-0.25, -0.2) is 0 Å². The smallest absolute Gasteiger partial charge is 0.325 e. The van der Waals surface area contributed by atoms with E-state index in [4.69, 9.17) is 4.74 Å². The van der Waals surface area contributed by atoms with Gasteiger partial charge in [0.2, 0.25) is 0 Å². The van der Waals surface area contributed by atoms with E-state index in [9.17, 15) is 9.59 Å². The third-order valence-electron chi connectivity index (χ3n) is 4.70. The summed E-state index contributed by atoms with van der Waals surface area (Å²) in [5.74, 6) is -0.552. The molecule has 3 aromatic rings. The first-order valence-corrected chi connectivity index (χ1v) is 9.59. The maximum Gasteiger partial charge on any atom is 0.325 e. The van der Waals surface area contributed by atoms with Crippen molar-refractivity contribution in [2.75, 3.05) is 13.2 Å². The lowest BCUT2D eigenvalue weighted by atomic mass is 10.1. The molecule has 0 fully saturated rings. The van der Waals surface area contributed by atoms with E-state index in [0.29, 0.717) is 18.7 Å². The fourth-order valence-corrected chi connectivity index (χ4v) is 3.32. The number of hydrogen-bond acceptors (Lipinski definition) is 3. The molecular formula is C23H26N2O3. The van der Waals surface area contributed by atoms with E-state index in [1.54, 1.807) is 11.8 Å². The molecule has 0 N–H and O–H groups in total. The average molecular weight is 378 g/mol. The van der Waals surface area contributed by atoms with E-state index < -0.39 is 5.97 Å². The third kappa shape index (κ3) is 4.25. The van der Waals surface area contributed by atoms with Crippen molar-refractivity contribution in [3.8, 4) is 0 Å². The number of hydrogen-bond donors (Lipinski definition) is 0. The number of aromatic nitrogens is 1. The standard InChI is InChI=1S/C23H26N2O3/c1-4-28-22(26)16-25(17(2)3)23(27)20-15-24(14-18-10-6-5-7-11-18)21-13-9-8-12-19(20)21/h5-13,15,17H,4,14,16H2,1-3H3. The number of carbonyl (C=O) groups excluding carboxylic acids is 2. The van der Waals surface area contributed by atoms with Crippen LogP contribution in [0.25, 0.3) is 10.9 Å². The van der Waals surface area contributed by atoms with Gasteiger partial charge in [-0.15, -0.1) is 0 Å². The van der Waals surface area contributed by atoms with Gasteiger partial charge in [0.25, 0.3) is 5.91 Å². The van der Waals surface area contributed by atoms with Crippen LogP contribution in [0.1, 0.15) is 36.7 Å². The van der Waals surface area contributed by atoms with E-state index in [-0.39, 0.29) is 18.5 Å². The minimum atomic E-state index is -0.391. The van der Waals surface area contributed by atoms with Crippen LogP contribution in [0.15, 0.2) is 60.8 Å².